The molecule has 0 radical (unpaired) electrons. The molecule has 1 unspecified atom stereocenters. The van der Waals surface area contributed by atoms with Gasteiger partial charge in [0, 0.05) is 16.1 Å². The number of hydrogen-bond donors (Lipinski definition) is 1. The van der Waals surface area contributed by atoms with E-state index in [0.717, 1.165) is 25.8 Å². The maximum atomic E-state index is 14.1. The maximum Gasteiger partial charge on any atom is 0.132 e. The first kappa shape index (κ1) is 16.6. The number of rotatable bonds is 7. The molecule has 0 amide bonds. The zero-order valence-corrected chi connectivity index (χ0v) is 13.4. The molecular formula is C15H22BrF2N. The summed E-state index contributed by atoms with van der Waals surface area (Å²) in [4.78, 5) is 0. The van der Waals surface area contributed by atoms with E-state index < -0.39 is 11.6 Å². The minimum Gasteiger partial charge on any atom is -0.310 e. The Morgan fingerprint density at radius 2 is 1.63 bits per heavy atom. The van der Waals surface area contributed by atoms with Gasteiger partial charge in [0.25, 0.3) is 0 Å². The summed E-state index contributed by atoms with van der Waals surface area (Å²) >= 11 is 3.12. The van der Waals surface area contributed by atoms with Gasteiger partial charge in [0.05, 0.1) is 0 Å². The van der Waals surface area contributed by atoms with Crippen LogP contribution in [0.15, 0.2) is 16.6 Å². The maximum absolute atomic E-state index is 14.1. The lowest BCUT2D eigenvalue weighted by Crippen LogP contribution is -2.30. The second-order valence-electron chi connectivity index (χ2n) is 4.79. The molecule has 0 saturated heterocycles. The van der Waals surface area contributed by atoms with Gasteiger partial charge in [0.1, 0.15) is 11.6 Å². The second kappa shape index (κ2) is 7.95. The van der Waals surface area contributed by atoms with Gasteiger partial charge in [-0.25, -0.2) is 8.78 Å². The molecule has 0 aliphatic rings. The van der Waals surface area contributed by atoms with Crippen molar-refractivity contribution in [2.75, 3.05) is 6.54 Å². The molecule has 0 saturated carbocycles. The van der Waals surface area contributed by atoms with E-state index in [4.69, 9.17) is 0 Å². The lowest BCUT2D eigenvalue weighted by molar-refractivity contribution is 0.323. The van der Waals surface area contributed by atoms with Crippen LogP contribution < -0.4 is 5.32 Å². The molecule has 0 aliphatic heterocycles. The Morgan fingerprint density at radius 1 is 1.11 bits per heavy atom. The van der Waals surface area contributed by atoms with Crippen molar-refractivity contribution in [3.05, 3.63) is 33.8 Å². The Bertz CT molecular complexity index is 382. The second-order valence-corrected chi connectivity index (χ2v) is 5.71. The molecule has 0 aromatic heterocycles. The molecule has 0 bridgehead atoms. The highest BCUT2D eigenvalue weighted by Gasteiger charge is 2.26. The smallest absolute Gasteiger partial charge is 0.132 e. The SMILES string of the molecule is CCCNC(c1c(F)cc(Br)cc1F)C(CC)CC. The molecule has 108 valence electrons. The molecule has 1 aromatic carbocycles. The number of benzene rings is 1. The lowest BCUT2D eigenvalue weighted by Gasteiger charge is -2.27. The van der Waals surface area contributed by atoms with Crippen LogP contribution in [0.5, 0.6) is 0 Å². The summed E-state index contributed by atoms with van der Waals surface area (Å²) in [6, 6.07) is 2.41. The fourth-order valence-electron chi connectivity index (χ4n) is 2.41. The molecule has 0 fully saturated rings. The molecule has 1 atom stereocenters. The molecule has 1 rings (SSSR count). The summed E-state index contributed by atoms with van der Waals surface area (Å²) in [5, 5.41) is 3.29. The fraction of sp³-hybridized carbons (Fsp3) is 0.600. The summed E-state index contributed by atoms with van der Waals surface area (Å²) in [5.41, 5.74) is 0.172. The van der Waals surface area contributed by atoms with Gasteiger partial charge in [-0.15, -0.1) is 0 Å². The average Bonchev–Trinajstić information content (AvgIpc) is 2.35. The number of nitrogens with one attached hydrogen (secondary N) is 1. The van der Waals surface area contributed by atoms with Gasteiger partial charge in [-0.1, -0.05) is 49.5 Å². The summed E-state index contributed by atoms with van der Waals surface area (Å²) in [7, 11) is 0. The van der Waals surface area contributed by atoms with Crippen LogP contribution in [0.3, 0.4) is 0 Å². The normalized spacial score (nSPS) is 13.0. The molecule has 1 N–H and O–H groups in total. The zero-order valence-electron chi connectivity index (χ0n) is 11.8. The van der Waals surface area contributed by atoms with Crippen LogP contribution in [0.4, 0.5) is 8.78 Å². The van der Waals surface area contributed by atoms with E-state index >= 15 is 0 Å². The number of hydrogen-bond acceptors (Lipinski definition) is 1. The molecule has 4 heteroatoms. The lowest BCUT2D eigenvalue weighted by atomic mass is 9.88. The van der Waals surface area contributed by atoms with E-state index in [0.29, 0.717) is 4.47 Å². The monoisotopic (exact) mass is 333 g/mol. The fourth-order valence-corrected chi connectivity index (χ4v) is 2.82. The van der Waals surface area contributed by atoms with Crippen LogP contribution in [-0.2, 0) is 0 Å². The molecule has 0 aliphatic carbocycles. The van der Waals surface area contributed by atoms with Crippen molar-refractivity contribution in [2.24, 2.45) is 5.92 Å². The van der Waals surface area contributed by atoms with Gasteiger partial charge in [-0.3, -0.25) is 0 Å². The van der Waals surface area contributed by atoms with Crippen molar-refractivity contribution in [2.45, 2.75) is 46.1 Å². The van der Waals surface area contributed by atoms with Crippen LogP contribution in [0, 0.1) is 17.6 Å². The first-order valence-electron chi connectivity index (χ1n) is 6.92. The molecule has 0 spiro atoms. The Kier molecular flexibility index (Phi) is 6.94. The van der Waals surface area contributed by atoms with Crippen molar-refractivity contribution < 1.29 is 8.78 Å². The van der Waals surface area contributed by atoms with Crippen molar-refractivity contribution in [3.63, 3.8) is 0 Å². The third-order valence-electron chi connectivity index (χ3n) is 3.49. The summed E-state index contributed by atoms with van der Waals surface area (Å²) in [5.74, 6) is -0.725. The van der Waals surface area contributed by atoms with E-state index in [1.165, 1.54) is 12.1 Å². The minimum atomic E-state index is -0.479. The Labute approximate surface area is 122 Å². The van der Waals surface area contributed by atoms with Crippen LogP contribution >= 0.6 is 15.9 Å². The first-order valence-corrected chi connectivity index (χ1v) is 7.72. The largest absolute Gasteiger partial charge is 0.310 e. The zero-order chi connectivity index (χ0) is 14.4. The highest BCUT2D eigenvalue weighted by Crippen LogP contribution is 2.32. The Hall–Kier alpha value is -0.480. The third kappa shape index (κ3) is 4.25. The molecule has 19 heavy (non-hydrogen) atoms. The predicted molar refractivity (Wildman–Crippen MR) is 79.2 cm³/mol. The topological polar surface area (TPSA) is 12.0 Å². The third-order valence-corrected chi connectivity index (χ3v) is 3.95. The van der Waals surface area contributed by atoms with Gasteiger partial charge in [0.2, 0.25) is 0 Å². The first-order chi connectivity index (χ1) is 9.04. The van der Waals surface area contributed by atoms with Gasteiger partial charge in [-0.2, -0.15) is 0 Å². The summed E-state index contributed by atoms with van der Waals surface area (Å²) in [6.45, 7) is 6.92. The van der Waals surface area contributed by atoms with Crippen LogP contribution in [-0.4, -0.2) is 6.54 Å². The van der Waals surface area contributed by atoms with Crippen LogP contribution in [0.2, 0.25) is 0 Å². The van der Waals surface area contributed by atoms with Crippen molar-refractivity contribution in [3.8, 4) is 0 Å². The quantitative estimate of drug-likeness (QED) is 0.722. The minimum absolute atomic E-state index is 0.172. The Balaban J connectivity index is 3.16. The van der Waals surface area contributed by atoms with Crippen molar-refractivity contribution in [1.82, 2.24) is 5.32 Å². The van der Waals surface area contributed by atoms with Gasteiger partial charge >= 0.3 is 0 Å². The average molecular weight is 334 g/mol. The predicted octanol–water partition coefficient (Wildman–Crippen LogP) is 5.20. The van der Waals surface area contributed by atoms with Crippen LogP contribution in [0.25, 0.3) is 0 Å². The van der Waals surface area contributed by atoms with Gasteiger partial charge in [-0.05, 0) is 31.0 Å². The van der Waals surface area contributed by atoms with E-state index in [1.807, 2.05) is 6.92 Å². The van der Waals surface area contributed by atoms with Crippen molar-refractivity contribution >= 4 is 15.9 Å². The molecule has 1 nitrogen and oxygen atoms in total. The highest BCUT2D eigenvalue weighted by molar-refractivity contribution is 9.10. The summed E-state index contributed by atoms with van der Waals surface area (Å²) < 4.78 is 28.7. The van der Waals surface area contributed by atoms with E-state index in [-0.39, 0.29) is 17.5 Å². The summed E-state index contributed by atoms with van der Waals surface area (Å²) in [6.07, 6.45) is 2.73. The Morgan fingerprint density at radius 3 is 2.05 bits per heavy atom. The highest BCUT2D eigenvalue weighted by atomic mass is 79.9. The van der Waals surface area contributed by atoms with Gasteiger partial charge < -0.3 is 5.32 Å². The standard InChI is InChI=1S/C15H22BrF2N/c1-4-7-19-15(10(5-2)6-3)14-12(17)8-11(16)9-13(14)18/h8-10,15,19H,4-7H2,1-3H3. The van der Waals surface area contributed by atoms with E-state index in [2.05, 4.69) is 35.1 Å². The number of halogens is 3. The molecule has 0 heterocycles. The molecule has 1 aromatic rings. The van der Waals surface area contributed by atoms with E-state index in [9.17, 15) is 8.78 Å². The van der Waals surface area contributed by atoms with Crippen molar-refractivity contribution in [1.29, 1.82) is 0 Å². The van der Waals surface area contributed by atoms with E-state index in [1.54, 1.807) is 0 Å². The molecular weight excluding hydrogens is 312 g/mol. The van der Waals surface area contributed by atoms with Crippen LogP contribution in [0.1, 0.15) is 51.6 Å². The van der Waals surface area contributed by atoms with Gasteiger partial charge in [0.15, 0.2) is 0 Å².